The Morgan fingerprint density at radius 1 is 1.29 bits per heavy atom. The topological polar surface area (TPSA) is 95.7 Å². The van der Waals surface area contributed by atoms with E-state index in [2.05, 4.69) is 29.6 Å². The van der Waals surface area contributed by atoms with Gasteiger partial charge in [-0.15, -0.1) is 6.42 Å². The number of hydrogen-bond acceptors (Lipinski definition) is 6. The third-order valence-electron chi connectivity index (χ3n) is 2.87. The molecule has 24 heavy (non-hydrogen) atoms. The number of nitrogens with zero attached hydrogens (tertiary/aromatic N) is 3. The maximum atomic E-state index is 11.4. The van der Waals surface area contributed by atoms with Crippen molar-refractivity contribution >= 4 is 22.9 Å². The molecule has 9 heteroatoms. The highest BCUT2D eigenvalue weighted by atomic mass is 32.2. The van der Waals surface area contributed by atoms with Crippen molar-refractivity contribution in [3.63, 3.8) is 0 Å². The normalized spacial score (nSPS) is 13.7. The lowest BCUT2D eigenvalue weighted by atomic mass is 10.4. The molecule has 2 aromatic heterocycles. The van der Waals surface area contributed by atoms with Crippen LogP contribution in [0.4, 0.5) is 0 Å². The van der Waals surface area contributed by atoms with E-state index < -0.39 is 11.1 Å². The van der Waals surface area contributed by atoms with Gasteiger partial charge in [0.15, 0.2) is 0 Å². The molecule has 1 unspecified atom stereocenters. The van der Waals surface area contributed by atoms with E-state index in [-0.39, 0.29) is 6.54 Å². The van der Waals surface area contributed by atoms with Crippen molar-refractivity contribution < 1.29 is 8.97 Å². The molecule has 0 amide bonds. The molecule has 2 rings (SSSR count). The summed E-state index contributed by atoms with van der Waals surface area (Å²) in [5, 5.41) is 0. The SMILES string of the molecule is C#CCN=c1[nH][s+]([O-])[nH]c1=NCCSCc1ccc(CN(C)C)o1. The first-order chi connectivity index (χ1) is 11.6. The zero-order chi connectivity index (χ0) is 17.4. The van der Waals surface area contributed by atoms with Crippen molar-refractivity contribution in [3.8, 4) is 12.3 Å². The molecule has 0 saturated carbocycles. The van der Waals surface area contributed by atoms with Crippen molar-refractivity contribution in [3.05, 3.63) is 34.6 Å². The molecule has 0 fully saturated rings. The molecule has 1 atom stereocenters. The molecule has 0 aliphatic heterocycles. The fourth-order valence-electron chi connectivity index (χ4n) is 1.93. The van der Waals surface area contributed by atoms with Crippen LogP contribution in [0.2, 0.25) is 0 Å². The Hall–Kier alpha value is -1.73. The Labute approximate surface area is 148 Å². The van der Waals surface area contributed by atoms with E-state index in [1.165, 1.54) is 0 Å². The van der Waals surface area contributed by atoms with Gasteiger partial charge in [0.05, 0.1) is 18.8 Å². The van der Waals surface area contributed by atoms with E-state index >= 15 is 0 Å². The summed E-state index contributed by atoms with van der Waals surface area (Å²) in [6.45, 7) is 1.61. The van der Waals surface area contributed by atoms with Crippen LogP contribution in [0, 0.1) is 12.3 Å². The summed E-state index contributed by atoms with van der Waals surface area (Å²) >= 11 is 0.349. The second kappa shape index (κ2) is 9.54. The lowest BCUT2D eigenvalue weighted by Crippen LogP contribution is -2.26. The van der Waals surface area contributed by atoms with Crippen LogP contribution in [0.25, 0.3) is 0 Å². The minimum Gasteiger partial charge on any atom is -0.549 e. The minimum atomic E-state index is -1.38. The maximum Gasteiger partial charge on any atom is 0.220 e. The molecule has 0 saturated heterocycles. The van der Waals surface area contributed by atoms with Crippen molar-refractivity contribution in [1.82, 2.24) is 13.6 Å². The third-order valence-corrected chi connectivity index (χ3v) is 4.59. The van der Waals surface area contributed by atoms with Crippen molar-refractivity contribution in [1.29, 1.82) is 0 Å². The quantitative estimate of drug-likeness (QED) is 0.415. The van der Waals surface area contributed by atoms with Gasteiger partial charge >= 0.3 is 0 Å². The largest absolute Gasteiger partial charge is 0.549 e. The zero-order valence-electron chi connectivity index (χ0n) is 13.7. The molecule has 2 heterocycles. The Bertz CT molecular complexity index is 807. The third kappa shape index (κ3) is 6.05. The summed E-state index contributed by atoms with van der Waals surface area (Å²) in [5.41, 5.74) is 0.950. The van der Waals surface area contributed by atoms with E-state index in [9.17, 15) is 4.55 Å². The van der Waals surface area contributed by atoms with Crippen LogP contribution in [-0.2, 0) is 12.3 Å². The van der Waals surface area contributed by atoms with Gasteiger partial charge in [-0.3, -0.25) is 4.99 Å². The van der Waals surface area contributed by atoms with Gasteiger partial charge in [0.25, 0.3) is 0 Å². The van der Waals surface area contributed by atoms with Gasteiger partial charge < -0.3 is 13.9 Å². The zero-order valence-corrected chi connectivity index (χ0v) is 15.4. The van der Waals surface area contributed by atoms with E-state index in [4.69, 9.17) is 10.8 Å². The first-order valence-electron chi connectivity index (χ1n) is 7.36. The summed E-state index contributed by atoms with van der Waals surface area (Å²) in [7, 11) is 4.02. The van der Waals surface area contributed by atoms with E-state index in [1.807, 2.05) is 26.2 Å². The number of hydrogen-bond donors (Lipinski definition) is 2. The van der Waals surface area contributed by atoms with Crippen LogP contribution < -0.4 is 11.0 Å². The predicted octanol–water partition coefficient (Wildman–Crippen LogP) is 1.09. The first-order valence-corrected chi connectivity index (χ1v) is 9.67. The van der Waals surface area contributed by atoms with Crippen molar-refractivity contribution in [2.75, 3.05) is 32.9 Å². The number of rotatable bonds is 8. The molecule has 2 N–H and O–H groups in total. The predicted molar refractivity (Wildman–Crippen MR) is 95.8 cm³/mol. The number of aromatic amines is 2. The second-order valence-corrected chi connectivity index (χ2v) is 7.28. The van der Waals surface area contributed by atoms with Crippen LogP contribution in [-0.4, -0.2) is 51.1 Å². The molecular weight excluding hydrogens is 346 g/mol. The lowest BCUT2D eigenvalue weighted by Gasteiger charge is -2.05. The number of furan rings is 1. The molecule has 0 spiro atoms. The average Bonchev–Trinajstić information content (AvgIpc) is 3.10. The number of terminal acetylenes is 1. The number of aromatic nitrogens is 2. The summed E-state index contributed by atoms with van der Waals surface area (Å²) in [4.78, 5) is 10.5. The summed E-state index contributed by atoms with van der Waals surface area (Å²) in [5.74, 6) is 5.96. The fraction of sp³-hybridized carbons (Fsp3) is 0.467. The Kier molecular flexibility index (Phi) is 7.39. The molecule has 0 bridgehead atoms. The monoisotopic (exact) mass is 367 g/mol. The van der Waals surface area contributed by atoms with Gasteiger partial charge in [-0.25, -0.2) is 4.99 Å². The van der Waals surface area contributed by atoms with Crippen LogP contribution >= 0.6 is 22.9 Å². The van der Waals surface area contributed by atoms with Gasteiger partial charge in [-0.05, 0) is 26.2 Å². The van der Waals surface area contributed by atoms with Gasteiger partial charge in [-0.1, -0.05) is 5.92 Å². The minimum absolute atomic E-state index is 0.225. The highest BCUT2D eigenvalue weighted by molar-refractivity contribution is 7.98. The summed E-state index contributed by atoms with van der Waals surface area (Å²) < 4.78 is 22.6. The number of nitrogens with one attached hydrogen (secondary N) is 2. The molecule has 7 nitrogen and oxygen atoms in total. The highest BCUT2D eigenvalue weighted by Crippen LogP contribution is 2.16. The molecule has 0 aromatic carbocycles. The summed E-state index contributed by atoms with van der Waals surface area (Å²) in [6, 6.07) is 4.02. The lowest BCUT2D eigenvalue weighted by molar-refractivity contribution is 0.344. The molecular formula is C15H21N5O2S2. The van der Waals surface area contributed by atoms with Crippen LogP contribution in [0.5, 0.6) is 0 Å². The van der Waals surface area contributed by atoms with Crippen molar-refractivity contribution in [2.45, 2.75) is 12.3 Å². The first kappa shape index (κ1) is 18.6. The highest BCUT2D eigenvalue weighted by Gasteiger charge is 2.03. The van der Waals surface area contributed by atoms with Gasteiger partial charge in [0.1, 0.15) is 29.2 Å². The average molecular weight is 368 g/mol. The Morgan fingerprint density at radius 3 is 2.71 bits per heavy atom. The van der Waals surface area contributed by atoms with Crippen LogP contribution in [0.3, 0.4) is 0 Å². The van der Waals surface area contributed by atoms with E-state index in [1.54, 1.807) is 11.8 Å². The molecule has 0 aliphatic rings. The van der Waals surface area contributed by atoms with E-state index in [0.717, 1.165) is 29.6 Å². The van der Waals surface area contributed by atoms with Crippen molar-refractivity contribution in [2.24, 2.45) is 9.98 Å². The Morgan fingerprint density at radius 2 is 2.00 bits per heavy atom. The summed E-state index contributed by atoms with van der Waals surface area (Å²) in [6.07, 6.45) is 5.17. The molecule has 0 aliphatic carbocycles. The number of H-pyrrole nitrogens is 2. The second-order valence-electron chi connectivity index (χ2n) is 5.23. The number of thioether (sulfide) groups is 1. The van der Waals surface area contributed by atoms with Gasteiger partial charge in [0, 0.05) is 5.75 Å². The molecule has 0 radical (unpaired) electrons. The molecule has 2 aromatic rings. The van der Waals surface area contributed by atoms with E-state index in [0.29, 0.717) is 17.5 Å². The molecule has 130 valence electrons. The van der Waals surface area contributed by atoms with Crippen LogP contribution in [0.15, 0.2) is 26.5 Å². The maximum absolute atomic E-state index is 11.4. The standard InChI is InChI=1S/C15H21N5O2S2/c1-4-7-16-14-15(19-24(21)18-14)17-8-9-23-11-13-6-5-12(22-13)10-20(2)3/h1,5-6H,7-11H2,2-3H3,(H,16,18)(H,17,19). The fourth-order valence-corrected chi connectivity index (χ4v) is 3.37. The Balaban J connectivity index is 1.83. The van der Waals surface area contributed by atoms with Gasteiger partial charge in [0.2, 0.25) is 11.0 Å². The smallest absolute Gasteiger partial charge is 0.220 e. The van der Waals surface area contributed by atoms with Gasteiger partial charge in [-0.2, -0.15) is 20.5 Å². The van der Waals surface area contributed by atoms with Crippen LogP contribution in [0.1, 0.15) is 11.5 Å².